The van der Waals surface area contributed by atoms with Crippen molar-refractivity contribution in [2.45, 2.75) is 51.5 Å². The Morgan fingerprint density at radius 3 is 2.71 bits per heavy atom. The summed E-state index contributed by atoms with van der Waals surface area (Å²) >= 11 is 0. The molecule has 1 aliphatic heterocycles. The van der Waals surface area contributed by atoms with Gasteiger partial charge in [-0.05, 0) is 31.1 Å². The number of nitrogens with zero attached hydrogens (tertiary/aromatic N) is 1. The third-order valence-electron chi connectivity index (χ3n) is 4.31. The van der Waals surface area contributed by atoms with Crippen molar-refractivity contribution in [3.05, 3.63) is 0 Å². The number of amides is 1. The van der Waals surface area contributed by atoms with Crippen LogP contribution in [0.3, 0.4) is 0 Å². The van der Waals surface area contributed by atoms with Gasteiger partial charge in [-0.1, -0.05) is 26.7 Å². The highest BCUT2D eigenvalue weighted by Crippen LogP contribution is 2.35. The van der Waals surface area contributed by atoms with Gasteiger partial charge >= 0.3 is 0 Å². The van der Waals surface area contributed by atoms with Crippen LogP contribution in [0.4, 0.5) is 0 Å². The normalized spacial score (nSPS) is 36.1. The Kier molecular flexibility index (Phi) is 3.40. The molecule has 2 fully saturated rings. The van der Waals surface area contributed by atoms with E-state index < -0.39 is 0 Å². The molecule has 17 heavy (non-hydrogen) atoms. The monoisotopic (exact) mass is 237 g/mol. The fraction of sp³-hybridized carbons (Fsp3) is 0.846. The first-order chi connectivity index (χ1) is 8.07. The SMILES string of the molecule is CN=C1NC(=O)C2(CCCC(C(C)C)CC2)N1. The molecular weight excluding hydrogens is 214 g/mol. The average molecular weight is 237 g/mol. The summed E-state index contributed by atoms with van der Waals surface area (Å²) in [7, 11) is 1.70. The van der Waals surface area contributed by atoms with Crippen molar-refractivity contribution < 1.29 is 4.79 Å². The van der Waals surface area contributed by atoms with Crippen LogP contribution in [0.15, 0.2) is 4.99 Å². The summed E-state index contributed by atoms with van der Waals surface area (Å²) < 4.78 is 0. The van der Waals surface area contributed by atoms with Crippen LogP contribution in [0.5, 0.6) is 0 Å². The number of hydrogen-bond donors (Lipinski definition) is 2. The number of guanidine groups is 1. The van der Waals surface area contributed by atoms with Crippen LogP contribution in [0.2, 0.25) is 0 Å². The molecular formula is C13H23N3O. The maximum atomic E-state index is 12.1. The Balaban J connectivity index is 2.10. The fourth-order valence-electron chi connectivity index (χ4n) is 3.04. The van der Waals surface area contributed by atoms with E-state index in [0.29, 0.717) is 11.9 Å². The van der Waals surface area contributed by atoms with E-state index in [-0.39, 0.29) is 11.4 Å². The van der Waals surface area contributed by atoms with Crippen LogP contribution in [0, 0.1) is 11.8 Å². The molecule has 1 spiro atoms. The van der Waals surface area contributed by atoms with Crippen LogP contribution in [0.1, 0.15) is 46.0 Å². The summed E-state index contributed by atoms with van der Waals surface area (Å²) in [6, 6.07) is 0. The summed E-state index contributed by atoms with van der Waals surface area (Å²) in [6.07, 6.45) is 5.37. The molecule has 2 N–H and O–H groups in total. The molecule has 2 rings (SSSR count). The molecule has 0 aromatic heterocycles. The Morgan fingerprint density at radius 2 is 2.12 bits per heavy atom. The van der Waals surface area contributed by atoms with Gasteiger partial charge in [-0.3, -0.25) is 15.1 Å². The molecule has 4 nitrogen and oxygen atoms in total. The van der Waals surface area contributed by atoms with Gasteiger partial charge in [-0.25, -0.2) is 0 Å². The predicted octanol–water partition coefficient (Wildman–Crippen LogP) is 1.67. The second-order valence-corrected chi connectivity index (χ2v) is 5.67. The van der Waals surface area contributed by atoms with E-state index in [1.807, 2.05) is 0 Å². The molecule has 96 valence electrons. The summed E-state index contributed by atoms with van der Waals surface area (Å²) in [5, 5.41) is 6.13. The van der Waals surface area contributed by atoms with Crippen molar-refractivity contribution in [2.24, 2.45) is 16.8 Å². The zero-order valence-electron chi connectivity index (χ0n) is 11.0. The predicted molar refractivity (Wildman–Crippen MR) is 68.8 cm³/mol. The summed E-state index contributed by atoms with van der Waals surface area (Å²) in [4.78, 5) is 16.1. The lowest BCUT2D eigenvalue weighted by molar-refractivity contribution is -0.124. The number of carbonyl (C=O) groups excluding carboxylic acids is 1. The lowest BCUT2D eigenvalue weighted by atomic mass is 9.86. The molecule has 2 atom stereocenters. The van der Waals surface area contributed by atoms with E-state index in [4.69, 9.17) is 0 Å². The quantitative estimate of drug-likeness (QED) is 0.729. The highest BCUT2D eigenvalue weighted by Gasteiger charge is 2.45. The number of hydrogen-bond acceptors (Lipinski definition) is 2. The lowest BCUT2D eigenvalue weighted by Gasteiger charge is -2.25. The molecule has 2 aliphatic rings. The third kappa shape index (κ3) is 2.31. The highest BCUT2D eigenvalue weighted by molar-refractivity contribution is 6.08. The number of carbonyl (C=O) groups is 1. The first-order valence-electron chi connectivity index (χ1n) is 6.64. The van der Waals surface area contributed by atoms with Gasteiger partial charge in [-0.15, -0.1) is 0 Å². The van der Waals surface area contributed by atoms with Gasteiger partial charge < -0.3 is 5.32 Å². The van der Waals surface area contributed by atoms with Crippen molar-refractivity contribution in [1.82, 2.24) is 10.6 Å². The minimum absolute atomic E-state index is 0.113. The van der Waals surface area contributed by atoms with E-state index in [0.717, 1.165) is 31.6 Å². The number of aliphatic imine (C=N–C) groups is 1. The Bertz CT molecular complexity index is 338. The molecule has 1 saturated carbocycles. The fourth-order valence-corrected chi connectivity index (χ4v) is 3.04. The van der Waals surface area contributed by atoms with Crippen molar-refractivity contribution in [1.29, 1.82) is 0 Å². The van der Waals surface area contributed by atoms with E-state index in [1.54, 1.807) is 7.05 Å². The molecule has 1 amide bonds. The zero-order valence-corrected chi connectivity index (χ0v) is 11.0. The van der Waals surface area contributed by atoms with Crippen LogP contribution in [-0.4, -0.2) is 24.5 Å². The van der Waals surface area contributed by atoms with E-state index in [2.05, 4.69) is 29.5 Å². The number of nitrogens with one attached hydrogen (secondary N) is 2. The van der Waals surface area contributed by atoms with Gasteiger partial charge in [0.15, 0.2) is 5.96 Å². The van der Waals surface area contributed by atoms with Crippen molar-refractivity contribution in [2.75, 3.05) is 7.05 Å². The third-order valence-corrected chi connectivity index (χ3v) is 4.31. The molecule has 0 radical (unpaired) electrons. The van der Waals surface area contributed by atoms with Crippen LogP contribution in [0.25, 0.3) is 0 Å². The highest BCUT2D eigenvalue weighted by atomic mass is 16.2. The van der Waals surface area contributed by atoms with Crippen LogP contribution >= 0.6 is 0 Å². The molecule has 1 heterocycles. The number of rotatable bonds is 1. The lowest BCUT2D eigenvalue weighted by Crippen LogP contribution is -2.46. The van der Waals surface area contributed by atoms with E-state index in [9.17, 15) is 4.79 Å². The molecule has 2 unspecified atom stereocenters. The van der Waals surface area contributed by atoms with Gasteiger partial charge in [0.2, 0.25) is 0 Å². The molecule has 1 aliphatic carbocycles. The molecule has 4 heteroatoms. The van der Waals surface area contributed by atoms with E-state index >= 15 is 0 Å². The van der Waals surface area contributed by atoms with Gasteiger partial charge in [0, 0.05) is 7.05 Å². The van der Waals surface area contributed by atoms with E-state index in [1.165, 1.54) is 6.42 Å². The Morgan fingerprint density at radius 1 is 1.35 bits per heavy atom. The minimum Gasteiger partial charge on any atom is -0.342 e. The maximum absolute atomic E-state index is 12.1. The van der Waals surface area contributed by atoms with Crippen molar-refractivity contribution in [3.63, 3.8) is 0 Å². The molecule has 0 aromatic rings. The first-order valence-corrected chi connectivity index (χ1v) is 6.64. The minimum atomic E-state index is -0.377. The van der Waals surface area contributed by atoms with Crippen molar-refractivity contribution >= 4 is 11.9 Å². The molecule has 1 saturated heterocycles. The largest absolute Gasteiger partial charge is 0.342 e. The van der Waals surface area contributed by atoms with Gasteiger partial charge in [0.05, 0.1) is 0 Å². The molecule has 0 bridgehead atoms. The zero-order chi connectivity index (χ0) is 12.5. The Hall–Kier alpha value is -1.06. The standard InChI is InChI=1S/C13H23N3O/c1-9(2)10-5-4-7-13(8-6-10)11(17)15-12(14-3)16-13/h9-10H,4-8H2,1-3H3,(H2,14,15,16,17). The summed E-state index contributed by atoms with van der Waals surface area (Å²) in [5.74, 6) is 2.22. The Labute approximate surface area is 103 Å². The van der Waals surface area contributed by atoms with Crippen LogP contribution in [-0.2, 0) is 4.79 Å². The average Bonchev–Trinajstić information content (AvgIpc) is 2.49. The molecule has 0 aromatic carbocycles. The van der Waals surface area contributed by atoms with Crippen molar-refractivity contribution in [3.8, 4) is 0 Å². The van der Waals surface area contributed by atoms with Crippen LogP contribution < -0.4 is 10.6 Å². The second-order valence-electron chi connectivity index (χ2n) is 5.67. The smallest absolute Gasteiger partial charge is 0.252 e. The van der Waals surface area contributed by atoms with Gasteiger partial charge in [-0.2, -0.15) is 0 Å². The first kappa shape index (κ1) is 12.4. The van der Waals surface area contributed by atoms with Gasteiger partial charge in [0.25, 0.3) is 5.91 Å². The van der Waals surface area contributed by atoms with Gasteiger partial charge in [0.1, 0.15) is 5.54 Å². The summed E-state index contributed by atoms with van der Waals surface area (Å²) in [6.45, 7) is 4.56. The topological polar surface area (TPSA) is 53.5 Å². The summed E-state index contributed by atoms with van der Waals surface area (Å²) in [5.41, 5.74) is -0.377. The maximum Gasteiger partial charge on any atom is 0.252 e. The second kappa shape index (κ2) is 4.67.